The monoisotopic (exact) mass is 438 g/mol. The lowest BCUT2D eigenvalue weighted by molar-refractivity contribution is -0.131. The summed E-state index contributed by atoms with van der Waals surface area (Å²) in [5.41, 5.74) is 2.29. The molecule has 1 aliphatic rings. The maximum atomic E-state index is 13.0. The van der Waals surface area contributed by atoms with E-state index in [-0.39, 0.29) is 24.1 Å². The van der Waals surface area contributed by atoms with Crippen molar-refractivity contribution in [1.29, 1.82) is 0 Å². The van der Waals surface area contributed by atoms with Crippen molar-refractivity contribution in [3.8, 4) is 5.69 Å². The number of hydrogen-bond acceptors (Lipinski definition) is 4. The molecule has 160 valence electrons. The minimum Gasteiger partial charge on any atom is -0.339 e. The molecule has 31 heavy (non-hydrogen) atoms. The maximum absolute atomic E-state index is 13.0. The number of carbonyl (C=O) groups excluding carboxylic acids is 2. The second-order valence-corrected chi connectivity index (χ2v) is 8.08. The van der Waals surface area contributed by atoms with Gasteiger partial charge in [0.05, 0.1) is 6.42 Å². The van der Waals surface area contributed by atoms with E-state index in [4.69, 9.17) is 0 Å². The lowest BCUT2D eigenvalue weighted by atomic mass is 10.1. The highest BCUT2D eigenvalue weighted by Gasteiger charge is 2.25. The van der Waals surface area contributed by atoms with Crippen LogP contribution in [-0.2, 0) is 11.2 Å². The Morgan fingerprint density at radius 2 is 1.74 bits per heavy atom. The Balaban J connectivity index is 1.37. The normalized spacial score (nSPS) is 14.0. The largest absolute Gasteiger partial charge is 0.339 e. The number of benzene rings is 2. The van der Waals surface area contributed by atoms with Gasteiger partial charge in [-0.3, -0.25) is 14.2 Å². The molecule has 0 spiro atoms. The predicted molar refractivity (Wildman–Crippen MR) is 118 cm³/mol. The van der Waals surface area contributed by atoms with Crippen LogP contribution in [0.15, 0.2) is 66.1 Å². The molecule has 0 atom stereocenters. The van der Waals surface area contributed by atoms with Gasteiger partial charge in [0, 0.05) is 49.8 Å². The van der Waals surface area contributed by atoms with E-state index in [0.717, 1.165) is 16.4 Å². The smallest absolute Gasteiger partial charge is 0.254 e. The van der Waals surface area contributed by atoms with Crippen molar-refractivity contribution in [2.24, 2.45) is 0 Å². The average molecular weight is 439 g/mol. The van der Waals surface area contributed by atoms with Gasteiger partial charge in [0.1, 0.15) is 5.82 Å². The third-order valence-corrected chi connectivity index (χ3v) is 6.02. The highest BCUT2D eigenvalue weighted by atomic mass is 32.2. The zero-order valence-corrected chi connectivity index (χ0v) is 18.0. The zero-order valence-electron chi connectivity index (χ0n) is 17.2. The van der Waals surface area contributed by atoms with Crippen molar-refractivity contribution in [1.82, 2.24) is 19.4 Å². The molecule has 0 N–H and O–H groups in total. The van der Waals surface area contributed by atoms with Gasteiger partial charge in [-0.05, 0) is 42.2 Å². The molecular weight excluding hydrogens is 415 g/mol. The predicted octanol–water partition coefficient (Wildman–Crippen LogP) is 3.26. The van der Waals surface area contributed by atoms with Crippen LogP contribution >= 0.6 is 11.8 Å². The molecule has 0 aliphatic carbocycles. The van der Waals surface area contributed by atoms with Gasteiger partial charge < -0.3 is 9.80 Å². The highest BCUT2D eigenvalue weighted by Crippen LogP contribution is 2.20. The van der Waals surface area contributed by atoms with E-state index in [1.54, 1.807) is 39.9 Å². The van der Waals surface area contributed by atoms with Gasteiger partial charge in [0.15, 0.2) is 5.16 Å². The van der Waals surface area contributed by atoms with Crippen LogP contribution in [0, 0.1) is 5.82 Å². The Labute approximate surface area is 184 Å². The Hall–Kier alpha value is -3.13. The first-order valence-electron chi connectivity index (χ1n) is 10.0. The first-order valence-corrected chi connectivity index (χ1v) is 11.3. The van der Waals surface area contributed by atoms with Gasteiger partial charge in [-0.25, -0.2) is 9.37 Å². The van der Waals surface area contributed by atoms with Crippen molar-refractivity contribution in [3.05, 3.63) is 77.9 Å². The van der Waals surface area contributed by atoms with Crippen LogP contribution in [0.3, 0.4) is 0 Å². The number of piperazine rings is 1. The molecule has 0 saturated carbocycles. The number of imidazole rings is 1. The fourth-order valence-electron chi connectivity index (χ4n) is 3.66. The molecule has 0 radical (unpaired) electrons. The summed E-state index contributed by atoms with van der Waals surface area (Å²) in [5.74, 6) is -0.367. The number of rotatable bonds is 5. The Morgan fingerprint density at radius 3 is 2.45 bits per heavy atom. The van der Waals surface area contributed by atoms with Crippen LogP contribution < -0.4 is 0 Å². The standard InChI is InChI=1S/C23H23FN4O2S/c1-31-23-25-9-10-28(23)20-4-2-3-18(16-20)22(30)27-13-11-26(12-14-27)21(29)15-17-5-7-19(24)8-6-17/h2-10,16H,11-15H2,1H3. The van der Waals surface area contributed by atoms with Crippen LogP contribution in [0.2, 0.25) is 0 Å². The van der Waals surface area contributed by atoms with E-state index in [2.05, 4.69) is 4.98 Å². The van der Waals surface area contributed by atoms with Crippen LogP contribution in [-0.4, -0.2) is 63.6 Å². The van der Waals surface area contributed by atoms with Crippen molar-refractivity contribution in [2.75, 3.05) is 32.4 Å². The molecule has 1 aromatic heterocycles. The minimum absolute atomic E-state index is 0.00888. The zero-order chi connectivity index (χ0) is 21.8. The van der Waals surface area contributed by atoms with E-state index in [1.807, 2.05) is 41.3 Å². The highest BCUT2D eigenvalue weighted by molar-refractivity contribution is 7.98. The first kappa shape index (κ1) is 21.1. The summed E-state index contributed by atoms with van der Waals surface area (Å²) in [5, 5.41) is 0.859. The lowest BCUT2D eigenvalue weighted by Crippen LogP contribution is -2.51. The number of thioether (sulfide) groups is 1. The SMILES string of the molecule is CSc1nccn1-c1cccc(C(=O)N2CCN(C(=O)Cc3ccc(F)cc3)CC2)c1. The second-order valence-electron chi connectivity index (χ2n) is 7.31. The van der Waals surface area contributed by atoms with E-state index in [1.165, 1.54) is 12.1 Å². The summed E-state index contributed by atoms with van der Waals surface area (Å²) in [4.78, 5) is 33.4. The number of halogens is 1. The summed E-state index contributed by atoms with van der Waals surface area (Å²) >= 11 is 1.54. The van der Waals surface area contributed by atoms with Crippen molar-refractivity contribution >= 4 is 23.6 Å². The fourth-order valence-corrected chi connectivity index (χ4v) is 4.19. The molecule has 4 rings (SSSR count). The number of carbonyl (C=O) groups is 2. The van der Waals surface area contributed by atoms with Gasteiger partial charge in [0.2, 0.25) is 5.91 Å². The van der Waals surface area contributed by atoms with Gasteiger partial charge in [-0.1, -0.05) is 30.0 Å². The summed E-state index contributed by atoms with van der Waals surface area (Å²) in [6, 6.07) is 13.5. The summed E-state index contributed by atoms with van der Waals surface area (Å²) in [6.07, 6.45) is 5.81. The van der Waals surface area contributed by atoms with Gasteiger partial charge in [-0.15, -0.1) is 0 Å². The van der Waals surface area contributed by atoms with Crippen LogP contribution in [0.25, 0.3) is 5.69 Å². The molecule has 6 nitrogen and oxygen atoms in total. The van der Waals surface area contributed by atoms with Gasteiger partial charge >= 0.3 is 0 Å². The maximum Gasteiger partial charge on any atom is 0.254 e. The van der Waals surface area contributed by atoms with E-state index < -0.39 is 0 Å². The molecule has 1 aliphatic heterocycles. The van der Waals surface area contributed by atoms with Crippen LogP contribution in [0.5, 0.6) is 0 Å². The Morgan fingerprint density at radius 1 is 1.03 bits per heavy atom. The van der Waals surface area contributed by atoms with E-state index in [9.17, 15) is 14.0 Å². The lowest BCUT2D eigenvalue weighted by Gasteiger charge is -2.35. The van der Waals surface area contributed by atoms with Gasteiger partial charge in [-0.2, -0.15) is 0 Å². The molecule has 8 heteroatoms. The summed E-state index contributed by atoms with van der Waals surface area (Å²) in [6.45, 7) is 1.95. The Bertz CT molecular complexity index is 1080. The number of nitrogens with zero attached hydrogens (tertiary/aromatic N) is 4. The third-order valence-electron chi connectivity index (χ3n) is 5.35. The number of aromatic nitrogens is 2. The van der Waals surface area contributed by atoms with Crippen LogP contribution in [0.1, 0.15) is 15.9 Å². The average Bonchev–Trinajstić information content (AvgIpc) is 3.29. The van der Waals surface area contributed by atoms with Crippen LogP contribution in [0.4, 0.5) is 4.39 Å². The number of hydrogen-bond donors (Lipinski definition) is 0. The summed E-state index contributed by atoms with van der Waals surface area (Å²) < 4.78 is 15.0. The Kier molecular flexibility index (Phi) is 6.36. The van der Waals surface area contributed by atoms with Crippen molar-refractivity contribution in [2.45, 2.75) is 11.6 Å². The van der Waals surface area contributed by atoms with Gasteiger partial charge in [0.25, 0.3) is 5.91 Å². The van der Waals surface area contributed by atoms with E-state index in [0.29, 0.717) is 31.7 Å². The quantitative estimate of drug-likeness (QED) is 0.574. The van der Waals surface area contributed by atoms with Crippen molar-refractivity contribution < 1.29 is 14.0 Å². The molecule has 2 heterocycles. The molecule has 3 aromatic rings. The molecule has 2 amide bonds. The number of amides is 2. The molecule has 1 fully saturated rings. The minimum atomic E-state index is -0.315. The molecule has 0 bridgehead atoms. The third kappa shape index (κ3) is 4.80. The van der Waals surface area contributed by atoms with Crippen molar-refractivity contribution in [3.63, 3.8) is 0 Å². The second kappa shape index (κ2) is 9.34. The summed E-state index contributed by atoms with van der Waals surface area (Å²) in [7, 11) is 0. The molecule has 1 saturated heterocycles. The topological polar surface area (TPSA) is 58.4 Å². The molecular formula is C23H23FN4O2S. The molecule has 0 unspecified atom stereocenters. The molecule has 2 aromatic carbocycles. The van der Waals surface area contributed by atoms with E-state index >= 15 is 0 Å². The fraction of sp³-hybridized carbons (Fsp3) is 0.261. The first-order chi connectivity index (χ1) is 15.0.